The number of ether oxygens (including phenoxy) is 1. The van der Waals surface area contributed by atoms with Crippen LogP contribution < -0.4 is 15.2 Å². The maximum atomic E-state index is 13.6. The lowest BCUT2D eigenvalue weighted by atomic mass is 10.2. The maximum Gasteiger partial charge on any atom is 0.287 e. The van der Waals surface area contributed by atoms with Crippen LogP contribution in [0.15, 0.2) is 65.6 Å². The third-order valence-corrected chi connectivity index (χ3v) is 4.43. The van der Waals surface area contributed by atoms with Crippen molar-refractivity contribution in [1.29, 1.82) is 0 Å². The fourth-order valence-electron chi connectivity index (χ4n) is 2.57. The Bertz CT molecular complexity index is 963. The first-order chi connectivity index (χ1) is 13.1. The molecule has 0 fully saturated rings. The minimum Gasteiger partial charge on any atom is -0.489 e. The fraction of sp³-hybridized carbons (Fsp3) is 0.200. The number of rotatable bonds is 7. The second-order valence-electron chi connectivity index (χ2n) is 5.99. The molecule has 0 aliphatic heterocycles. The number of likely N-dealkylation sites (N-methyl/N-ethyl adjacent to an activating group) is 1. The topological polar surface area (TPSA) is 47.4 Å². The number of nitrogens with zero attached hydrogens (tertiary/aromatic N) is 3. The van der Waals surface area contributed by atoms with Crippen LogP contribution in [0.5, 0.6) is 5.75 Å². The molecule has 0 saturated heterocycles. The normalized spacial score (nSPS) is 10.6. The summed E-state index contributed by atoms with van der Waals surface area (Å²) in [6.07, 6.45) is 1.55. The highest BCUT2D eigenvalue weighted by Crippen LogP contribution is 2.20. The van der Waals surface area contributed by atoms with Crippen LogP contribution in [-0.4, -0.2) is 30.0 Å². The van der Waals surface area contributed by atoms with Crippen molar-refractivity contribution in [2.75, 3.05) is 25.1 Å². The first-order valence-electron chi connectivity index (χ1n) is 8.44. The van der Waals surface area contributed by atoms with Gasteiger partial charge in [-0.15, -0.1) is 0 Å². The molecule has 0 aliphatic carbocycles. The van der Waals surface area contributed by atoms with Gasteiger partial charge in [0.25, 0.3) is 5.56 Å². The summed E-state index contributed by atoms with van der Waals surface area (Å²) in [5.74, 6) is -0.225. The zero-order valence-corrected chi connectivity index (χ0v) is 15.6. The van der Waals surface area contributed by atoms with Gasteiger partial charge < -0.3 is 9.64 Å². The van der Waals surface area contributed by atoms with Gasteiger partial charge in [-0.05, 0) is 17.7 Å². The summed E-state index contributed by atoms with van der Waals surface area (Å²) in [4.78, 5) is 14.3. The van der Waals surface area contributed by atoms with Crippen molar-refractivity contribution < 1.29 is 9.13 Å². The summed E-state index contributed by atoms with van der Waals surface area (Å²) in [5, 5.41) is 4.30. The minimum atomic E-state index is -0.414. The van der Waals surface area contributed by atoms with E-state index in [0.29, 0.717) is 18.8 Å². The van der Waals surface area contributed by atoms with E-state index in [4.69, 9.17) is 16.3 Å². The van der Waals surface area contributed by atoms with Crippen LogP contribution in [0, 0.1) is 5.82 Å². The average Bonchev–Trinajstić information content (AvgIpc) is 2.68. The molecular formula is C20H19ClFN3O2. The van der Waals surface area contributed by atoms with E-state index in [0.717, 1.165) is 5.56 Å². The van der Waals surface area contributed by atoms with Crippen molar-refractivity contribution in [3.05, 3.63) is 87.6 Å². The fourth-order valence-corrected chi connectivity index (χ4v) is 2.86. The van der Waals surface area contributed by atoms with Gasteiger partial charge in [-0.25, -0.2) is 9.07 Å². The second kappa shape index (κ2) is 8.68. The molecular weight excluding hydrogens is 369 g/mol. The van der Waals surface area contributed by atoms with Crippen LogP contribution in [0.25, 0.3) is 0 Å². The highest BCUT2D eigenvalue weighted by Gasteiger charge is 2.13. The molecule has 1 aromatic heterocycles. The number of aromatic nitrogens is 2. The van der Waals surface area contributed by atoms with Crippen LogP contribution in [0.4, 0.5) is 10.1 Å². The van der Waals surface area contributed by atoms with Gasteiger partial charge in [0, 0.05) is 7.05 Å². The Balaban J connectivity index is 1.66. The molecule has 3 rings (SSSR count). The van der Waals surface area contributed by atoms with E-state index in [2.05, 4.69) is 5.10 Å². The van der Waals surface area contributed by atoms with E-state index < -0.39 is 5.82 Å². The van der Waals surface area contributed by atoms with Crippen molar-refractivity contribution in [3.8, 4) is 5.75 Å². The molecule has 7 heteroatoms. The predicted octanol–water partition coefficient (Wildman–Crippen LogP) is 3.60. The number of para-hydroxylation sites is 1. The van der Waals surface area contributed by atoms with Crippen LogP contribution in [0.3, 0.4) is 0 Å². The summed E-state index contributed by atoms with van der Waals surface area (Å²) in [5.41, 5.74) is 1.10. The Kier molecular flexibility index (Phi) is 6.08. The molecule has 3 aromatic rings. The van der Waals surface area contributed by atoms with Gasteiger partial charge in [0.05, 0.1) is 25.0 Å². The van der Waals surface area contributed by atoms with Crippen molar-refractivity contribution in [2.45, 2.75) is 6.54 Å². The molecule has 0 saturated carbocycles. The second-order valence-corrected chi connectivity index (χ2v) is 6.37. The van der Waals surface area contributed by atoms with Gasteiger partial charge in [-0.2, -0.15) is 5.10 Å². The first kappa shape index (κ1) is 18.9. The standard InChI is InChI=1S/C20H19ClFN3O2/c1-24(11-12-27-18-10-6-5-9-16(18)22)17-13-23-25(20(26)19(17)21)14-15-7-3-2-4-8-15/h2-10,13H,11-12,14H2,1H3. The van der Waals surface area contributed by atoms with E-state index >= 15 is 0 Å². The van der Waals surface area contributed by atoms with Crippen molar-refractivity contribution in [3.63, 3.8) is 0 Å². The van der Waals surface area contributed by atoms with Gasteiger partial charge in [0.15, 0.2) is 11.6 Å². The van der Waals surface area contributed by atoms with E-state index in [-0.39, 0.29) is 22.9 Å². The number of benzene rings is 2. The molecule has 0 N–H and O–H groups in total. The number of anilines is 1. The molecule has 140 valence electrons. The molecule has 0 radical (unpaired) electrons. The van der Waals surface area contributed by atoms with Crippen LogP contribution in [-0.2, 0) is 6.54 Å². The van der Waals surface area contributed by atoms with Gasteiger partial charge >= 0.3 is 0 Å². The molecule has 0 unspecified atom stereocenters. The monoisotopic (exact) mass is 387 g/mol. The Morgan fingerprint density at radius 1 is 1.15 bits per heavy atom. The molecule has 0 aliphatic rings. The highest BCUT2D eigenvalue weighted by molar-refractivity contribution is 6.33. The van der Waals surface area contributed by atoms with Crippen molar-refractivity contribution >= 4 is 17.3 Å². The van der Waals surface area contributed by atoms with E-state index in [1.165, 1.54) is 10.7 Å². The first-order valence-corrected chi connectivity index (χ1v) is 8.82. The maximum absolute atomic E-state index is 13.6. The summed E-state index contributed by atoms with van der Waals surface area (Å²) < 4.78 is 20.3. The van der Waals surface area contributed by atoms with Crippen LogP contribution in [0.2, 0.25) is 5.02 Å². The SMILES string of the molecule is CN(CCOc1ccccc1F)c1cnn(Cc2ccccc2)c(=O)c1Cl. The third kappa shape index (κ3) is 4.65. The molecule has 0 bridgehead atoms. The Morgan fingerprint density at radius 3 is 2.59 bits per heavy atom. The smallest absolute Gasteiger partial charge is 0.287 e. The zero-order chi connectivity index (χ0) is 19.2. The summed E-state index contributed by atoms with van der Waals surface area (Å²) >= 11 is 6.26. The highest BCUT2D eigenvalue weighted by atomic mass is 35.5. The molecule has 27 heavy (non-hydrogen) atoms. The largest absolute Gasteiger partial charge is 0.489 e. The average molecular weight is 388 g/mol. The summed E-state index contributed by atoms with van der Waals surface area (Å²) in [7, 11) is 1.77. The predicted molar refractivity (Wildman–Crippen MR) is 104 cm³/mol. The van der Waals surface area contributed by atoms with Gasteiger partial charge in [-0.3, -0.25) is 4.79 Å². The van der Waals surface area contributed by atoms with Crippen molar-refractivity contribution in [2.24, 2.45) is 0 Å². The molecule has 0 atom stereocenters. The quantitative estimate of drug-likeness (QED) is 0.621. The van der Waals surface area contributed by atoms with Gasteiger partial charge in [0.2, 0.25) is 0 Å². The lowest BCUT2D eigenvalue weighted by molar-refractivity contribution is 0.309. The molecule has 0 amide bonds. The molecule has 1 heterocycles. The Labute approximate surface area is 161 Å². The number of halogens is 2. The minimum absolute atomic E-state index is 0.0920. The van der Waals surface area contributed by atoms with Crippen LogP contribution in [0.1, 0.15) is 5.56 Å². The summed E-state index contributed by atoms with van der Waals surface area (Å²) in [6.45, 7) is 0.999. The lowest BCUT2D eigenvalue weighted by Gasteiger charge is -2.20. The van der Waals surface area contributed by atoms with Gasteiger partial charge in [-0.1, -0.05) is 54.1 Å². The number of hydrogen-bond acceptors (Lipinski definition) is 4. The van der Waals surface area contributed by atoms with E-state index in [1.807, 2.05) is 30.3 Å². The lowest BCUT2D eigenvalue weighted by Crippen LogP contribution is -2.29. The van der Waals surface area contributed by atoms with Crippen LogP contribution >= 0.6 is 11.6 Å². The van der Waals surface area contributed by atoms with E-state index in [1.54, 1.807) is 36.3 Å². The Morgan fingerprint density at radius 2 is 1.85 bits per heavy atom. The van der Waals surface area contributed by atoms with E-state index in [9.17, 15) is 9.18 Å². The molecule has 2 aromatic carbocycles. The van der Waals surface area contributed by atoms with Gasteiger partial charge in [0.1, 0.15) is 11.6 Å². The zero-order valence-electron chi connectivity index (χ0n) is 14.8. The molecule has 0 spiro atoms. The summed E-state index contributed by atoms with van der Waals surface area (Å²) in [6, 6.07) is 15.8. The third-order valence-electron chi connectivity index (χ3n) is 4.07. The molecule has 5 nitrogen and oxygen atoms in total. The van der Waals surface area contributed by atoms with Crippen molar-refractivity contribution in [1.82, 2.24) is 9.78 Å². The number of hydrogen-bond donors (Lipinski definition) is 0. The Hall–Kier alpha value is -2.86.